The van der Waals surface area contributed by atoms with Gasteiger partial charge in [0.1, 0.15) is 54.9 Å². The molecule has 2 fully saturated rings. The summed E-state index contributed by atoms with van der Waals surface area (Å²) in [7, 11) is 0. The van der Waals surface area contributed by atoms with Gasteiger partial charge in [-0.1, -0.05) is 0 Å². The SMILES string of the molecule is CC(=O)N[C@@H]1[C@@H](O)[C@H](O)[C@](OC[C@H]2O[C@H](O)[C@H](O)[C@@H](O)[C@@H]2O)(C(=O)O)O[C@H]1[C@H](O)[C@H](O)CO. The van der Waals surface area contributed by atoms with Crippen LogP contribution in [0.15, 0.2) is 0 Å². The Balaban J connectivity index is 2.35. The van der Waals surface area contributed by atoms with E-state index in [2.05, 4.69) is 5.32 Å². The predicted octanol–water partition coefficient (Wildman–Crippen LogP) is -7.08. The highest BCUT2D eigenvalue weighted by Crippen LogP contribution is 2.35. The third-order valence-corrected chi connectivity index (χ3v) is 5.48. The first-order chi connectivity index (χ1) is 15.3. The monoisotopic (exact) mass is 487 g/mol. The Bertz CT molecular complexity index is 695. The molecule has 2 aliphatic rings. The predicted molar refractivity (Wildman–Crippen MR) is 98.8 cm³/mol. The summed E-state index contributed by atoms with van der Waals surface area (Å²) in [5.74, 6) is -6.00. The Morgan fingerprint density at radius 1 is 1.03 bits per heavy atom. The molecule has 0 spiro atoms. The molecule has 0 aromatic carbocycles. The zero-order valence-electron chi connectivity index (χ0n) is 17.3. The molecule has 1 amide bonds. The summed E-state index contributed by atoms with van der Waals surface area (Å²) in [5.41, 5.74) is 0. The molecule has 0 aromatic heterocycles. The summed E-state index contributed by atoms with van der Waals surface area (Å²) in [5, 5.41) is 101. The van der Waals surface area contributed by atoms with E-state index in [1.807, 2.05) is 0 Å². The third-order valence-electron chi connectivity index (χ3n) is 5.48. The Morgan fingerprint density at radius 3 is 2.15 bits per heavy atom. The zero-order valence-corrected chi connectivity index (χ0v) is 17.3. The van der Waals surface area contributed by atoms with Gasteiger partial charge in [-0.15, -0.1) is 0 Å². The number of aliphatic hydroxyl groups is 9. The Morgan fingerprint density at radius 2 is 1.64 bits per heavy atom. The van der Waals surface area contributed by atoms with Gasteiger partial charge in [0, 0.05) is 6.92 Å². The number of carbonyl (C=O) groups is 2. The first-order valence-corrected chi connectivity index (χ1v) is 9.81. The number of aliphatic carboxylic acids is 1. The second-order valence-electron chi connectivity index (χ2n) is 7.81. The van der Waals surface area contributed by atoms with E-state index in [1.54, 1.807) is 0 Å². The van der Waals surface area contributed by atoms with Gasteiger partial charge < -0.3 is 70.6 Å². The Hall–Kier alpha value is -1.54. The van der Waals surface area contributed by atoms with Crippen LogP contribution in [-0.2, 0) is 23.8 Å². The van der Waals surface area contributed by atoms with Crippen LogP contribution in [0.4, 0.5) is 0 Å². The molecule has 192 valence electrons. The number of ether oxygens (including phenoxy) is 3. The van der Waals surface area contributed by atoms with Gasteiger partial charge in [-0.05, 0) is 0 Å². The zero-order chi connectivity index (χ0) is 25.2. The fourth-order valence-electron chi connectivity index (χ4n) is 3.60. The molecule has 0 unspecified atom stereocenters. The highest BCUT2D eigenvalue weighted by molar-refractivity contribution is 5.77. The van der Waals surface area contributed by atoms with Crippen LogP contribution in [0.3, 0.4) is 0 Å². The van der Waals surface area contributed by atoms with Gasteiger partial charge in [-0.25, -0.2) is 4.79 Å². The first kappa shape index (κ1) is 27.7. The summed E-state index contributed by atoms with van der Waals surface area (Å²) >= 11 is 0. The van der Waals surface area contributed by atoms with E-state index >= 15 is 0 Å². The van der Waals surface area contributed by atoms with Crippen LogP contribution in [-0.4, -0.2) is 149 Å². The maximum atomic E-state index is 12.1. The number of carboxylic acids is 1. The van der Waals surface area contributed by atoms with Crippen molar-refractivity contribution in [2.75, 3.05) is 13.2 Å². The van der Waals surface area contributed by atoms with Gasteiger partial charge in [-0.3, -0.25) is 4.79 Å². The van der Waals surface area contributed by atoms with Crippen molar-refractivity contribution in [3.63, 3.8) is 0 Å². The molecule has 0 saturated carbocycles. The number of hydrogen-bond donors (Lipinski definition) is 11. The molecule has 2 heterocycles. The number of hydrogen-bond acceptors (Lipinski definition) is 14. The summed E-state index contributed by atoms with van der Waals surface area (Å²) < 4.78 is 15.2. The standard InChI is InChI=1S/C17H29NO15/c1-4(20)18-7-10(24)14(27)17(16(29)30,33-13(7)8(22)5(21)2-19)31-3-6-9(23)11(25)12(26)15(28)32-6/h5-15,19,21-28H,2-3H2,1H3,(H,18,20)(H,29,30)/t5-,6-,7-,8-,9-,10-,11+,12-,13-,14+,15+,17-/m1/s1. The van der Waals surface area contributed by atoms with Crippen molar-refractivity contribution in [2.45, 2.75) is 80.0 Å². The Labute approximate surface area is 186 Å². The maximum absolute atomic E-state index is 12.1. The van der Waals surface area contributed by atoms with Crippen LogP contribution in [0.1, 0.15) is 6.92 Å². The van der Waals surface area contributed by atoms with Gasteiger partial charge in [0.2, 0.25) is 5.91 Å². The Kier molecular flexibility index (Phi) is 9.07. The van der Waals surface area contributed by atoms with Crippen molar-refractivity contribution in [2.24, 2.45) is 0 Å². The molecular weight excluding hydrogens is 458 g/mol. The van der Waals surface area contributed by atoms with Crippen LogP contribution < -0.4 is 5.32 Å². The molecule has 11 N–H and O–H groups in total. The van der Waals surface area contributed by atoms with Crippen LogP contribution >= 0.6 is 0 Å². The molecule has 16 heteroatoms. The second-order valence-corrected chi connectivity index (χ2v) is 7.81. The molecule has 16 nitrogen and oxygen atoms in total. The summed E-state index contributed by atoms with van der Waals surface area (Å²) in [6, 6.07) is -1.67. The minimum Gasteiger partial charge on any atom is -0.477 e. The lowest BCUT2D eigenvalue weighted by Crippen LogP contribution is -2.74. The molecule has 2 rings (SSSR count). The molecule has 12 atom stereocenters. The average Bonchev–Trinajstić information content (AvgIpc) is 2.76. The fourth-order valence-corrected chi connectivity index (χ4v) is 3.60. The van der Waals surface area contributed by atoms with Crippen LogP contribution in [0.5, 0.6) is 0 Å². The molecule has 0 aromatic rings. The topological polar surface area (TPSA) is 276 Å². The number of aliphatic hydroxyl groups excluding tert-OH is 9. The second kappa shape index (κ2) is 10.8. The molecule has 0 bridgehead atoms. The van der Waals surface area contributed by atoms with E-state index in [1.165, 1.54) is 0 Å². The average molecular weight is 487 g/mol. The number of nitrogens with one attached hydrogen (secondary N) is 1. The largest absolute Gasteiger partial charge is 0.477 e. The van der Waals surface area contributed by atoms with Crippen molar-refractivity contribution in [1.29, 1.82) is 0 Å². The highest BCUT2D eigenvalue weighted by Gasteiger charge is 2.62. The number of rotatable bonds is 8. The van der Waals surface area contributed by atoms with Gasteiger partial charge >= 0.3 is 5.97 Å². The van der Waals surface area contributed by atoms with Gasteiger partial charge in [-0.2, -0.15) is 0 Å². The minimum atomic E-state index is -3.18. The molecule has 2 saturated heterocycles. The van der Waals surface area contributed by atoms with Crippen molar-refractivity contribution < 1.29 is 74.9 Å². The molecule has 2 aliphatic heterocycles. The van der Waals surface area contributed by atoms with Crippen molar-refractivity contribution in [3.05, 3.63) is 0 Å². The number of amides is 1. The van der Waals surface area contributed by atoms with E-state index in [0.29, 0.717) is 0 Å². The van der Waals surface area contributed by atoms with E-state index in [-0.39, 0.29) is 0 Å². The van der Waals surface area contributed by atoms with Crippen molar-refractivity contribution in [1.82, 2.24) is 5.32 Å². The third kappa shape index (κ3) is 5.42. The highest BCUT2D eigenvalue weighted by atomic mass is 16.7. The van der Waals surface area contributed by atoms with Gasteiger partial charge in [0.25, 0.3) is 5.79 Å². The van der Waals surface area contributed by atoms with Gasteiger partial charge in [0.05, 0.1) is 19.3 Å². The smallest absolute Gasteiger partial charge is 0.367 e. The van der Waals surface area contributed by atoms with Crippen LogP contribution in [0, 0.1) is 0 Å². The van der Waals surface area contributed by atoms with E-state index < -0.39 is 98.1 Å². The molecule has 0 radical (unpaired) electrons. The summed E-state index contributed by atoms with van der Waals surface area (Å²) in [6.45, 7) is -1.00. The van der Waals surface area contributed by atoms with Gasteiger partial charge in [0.15, 0.2) is 6.29 Å². The molecular formula is C17H29NO15. The fraction of sp³-hybridized carbons (Fsp3) is 0.882. The molecule has 0 aliphatic carbocycles. The van der Waals surface area contributed by atoms with Crippen molar-refractivity contribution >= 4 is 11.9 Å². The van der Waals surface area contributed by atoms with Crippen LogP contribution in [0.2, 0.25) is 0 Å². The number of carbonyl (C=O) groups excluding carboxylic acids is 1. The lowest BCUT2D eigenvalue weighted by Gasteiger charge is -2.49. The first-order valence-electron chi connectivity index (χ1n) is 9.81. The summed E-state index contributed by atoms with van der Waals surface area (Å²) in [6.07, 6.45) is -19.9. The lowest BCUT2D eigenvalue weighted by molar-refractivity contribution is -0.360. The summed E-state index contributed by atoms with van der Waals surface area (Å²) in [4.78, 5) is 23.6. The van der Waals surface area contributed by atoms with Crippen LogP contribution in [0.25, 0.3) is 0 Å². The normalized spacial score (nSPS) is 43.5. The quantitative estimate of drug-likeness (QED) is 0.152. The molecule has 33 heavy (non-hydrogen) atoms. The van der Waals surface area contributed by atoms with Crippen molar-refractivity contribution in [3.8, 4) is 0 Å². The van der Waals surface area contributed by atoms with E-state index in [9.17, 15) is 55.5 Å². The lowest BCUT2D eigenvalue weighted by atomic mass is 9.86. The maximum Gasteiger partial charge on any atom is 0.367 e. The number of carboxylic acid groups (broad SMARTS) is 1. The van der Waals surface area contributed by atoms with E-state index in [0.717, 1.165) is 6.92 Å². The van der Waals surface area contributed by atoms with E-state index in [4.69, 9.17) is 19.3 Å². The minimum absolute atomic E-state index is 0.783.